The van der Waals surface area contributed by atoms with Crippen molar-refractivity contribution in [1.82, 2.24) is 5.32 Å². The Morgan fingerprint density at radius 1 is 1.40 bits per heavy atom. The number of hydrogen-bond donors (Lipinski definition) is 1. The third-order valence-electron chi connectivity index (χ3n) is 3.84. The predicted octanol–water partition coefficient (Wildman–Crippen LogP) is 1.07. The molecule has 1 aromatic rings. The molecule has 1 aromatic carbocycles. The molecule has 10 heteroatoms. The van der Waals surface area contributed by atoms with Gasteiger partial charge >= 0.3 is 5.97 Å². The largest absolute Gasteiger partial charge is 0.452 e. The van der Waals surface area contributed by atoms with Crippen molar-refractivity contribution in [2.24, 2.45) is 5.92 Å². The SMILES string of the molecule is CC(NC(=O)COC(=O)c1ccc(S(C)(=O)=O)c([N+](=O)[O-])c1)C1CC1. The van der Waals surface area contributed by atoms with Crippen molar-refractivity contribution in [3.63, 3.8) is 0 Å². The summed E-state index contributed by atoms with van der Waals surface area (Å²) in [7, 11) is -3.82. The maximum absolute atomic E-state index is 11.9. The molecule has 1 fully saturated rings. The Hall–Kier alpha value is -2.49. The number of carbonyl (C=O) groups excluding carboxylic acids is 2. The average molecular weight is 370 g/mol. The lowest BCUT2D eigenvalue weighted by Gasteiger charge is -2.12. The number of nitrogens with one attached hydrogen (secondary N) is 1. The Kier molecular flexibility index (Phi) is 5.41. The minimum Gasteiger partial charge on any atom is -0.452 e. The molecule has 1 unspecified atom stereocenters. The first-order valence-electron chi connectivity index (χ1n) is 7.54. The summed E-state index contributed by atoms with van der Waals surface area (Å²) >= 11 is 0. The first kappa shape index (κ1) is 18.8. The van der Waals surface area contributed by atoms with Crippen molar-refractivity contribution in [1.29, 1.82) is 0 Å². The van der Waals surface area contributed by atoms with E-state index in [0.29, 0.717) is 5.92 Å². The summed E-state index contributed by atoms with van der Waals surface area (Å²) in [6, 6.07) is 2.90. The molecule has 1 atom stereocenters. The summed E-state index contributed by atoms with van der Waals surface area (Å²) in [4.78, 5) is 33.3. The molecule has 0 radical (unpaired) electrons. The highest BCUT2D eigenvalue weighted by molar-refractivity contribution is 7.90. The Labute approximate surface area is 144 Å². The van der Waals surface area contributed by atoms with Crippen LogP contribution in [0.2, 0.25) is 0 Å². The Balaban J connectivity index is 2.05. The zero-order valence-corrected chi connectivity index (χ0v) is 14.5. The van der Waals surface area contributed by atoms with Gasteiger partial charge in [0.05, 0.1) is 10.5 Å². The van der Waals surface area contributed by atoms with Gasteiger partial charge in [0.15, 0.2) is 16.4 Å². The van der Waals surface area contributed by atoms with Gasteiger partial charge in [-0.3, -0.25) is 14.9 Å². The van der Waals surface area contributed by atoms with Crippen LogP contribution in [0.1, 0.15) is 30.1 Å². The van der Waals surface area contributed by atoms with Crippen molar-refractivity contribution < 1.29 is 27.7 Å². The summed E-state index contributed by atoms with van der Waals surface area (Å²) < 4.78 is 27.9. The van der Waals surface area contributed by atoms with E-state index in [2.05, 4.69) is 5.32 Å². The second-order valence-electron chi connectivity index (χ2n) is 5.98. The number of nitrogens with zero attached hydrogens (tertiary/aromatic N) is 1. The van der Waals surface area contributed by atoms with Crippen LogP contribution in [0.3, 0.4) is 0 Å². The van der Waals surface area contributed by atoms with Crippen LogP contribution in [0.5, 0.6) is 0 Å². The van der Waals surface area contributed by atoms with Gasteiger partial charge in [-0.25, -0.2) is 13.2 Å². The van der Waals surface area contributed by atoms with Crippen molar-refractivity contribution in [3.05, 3.63) is 33.9 Å². The summed E-state index contributed by atoms with van der Waals surface area (Å²) in [5.41, 5.74) is -0.925. The van der Waals surface area contributed by atoms with Gasteiger partial charge in [-0.1, -0.05) is 0 Å². The summed E-state index contributed by atoms with van der Waals surface area (Å²) in [6.45, 7) is 1.35. The van der Waals surface area contributed by atoms with E-state index in [1.54, 1.807) is 0 Å². The molecule has 0 aromatic heterocycles. The maximum Gasteiger partial charge on any atom is 0.338 e. The fourth-order valence-electron chi connectivity index (χ4n) is 2.32. The minimum absolute atomic E-state index is 0.00123. The number of sulfone groups is 1. The van der Waals surface area contributed by atoms with Gasteiger partial charge in [-0.15, -0.1) is 0 Å². The van der Waals surface area contributed by atoms with Gasteiger partial charge in [-0.05, 0) is 37.8 Å². The van der Waals surface area contributed by atoms with E-state index in [1.165, 1.54) is 0 Å². The molecule has 0 spiro atoms. The molecule has 2 rings (SSSR count). The number of rotatable bonds is 7. The smallest absolute Gasteiger partial charge is 0.338 e. The van der Waals surface area contributed by atoms with Crippen molar-refractivity contribution in [2.45, 2.75) is 30.7 Å². The van der Waals surface area contributed by atoms with E-state index in [9.17, 15) is 28.1 Å². The molecule has 1 saturated carbocycles. The zero-order chi connectivity index (χ0) is 18.8. The lowest BCUT2D eigenvalue weighted by molar-refractivity contribution is -0.387. The standard InChI is InChI=1S/C15H18N2O7S/c1-9(10-3-4-10)16-14(18)8-24-15(19)11-5-6-13(25(2,22)23)12(7-11)17(20)21/h5-7,9-10H,3-4,8H2,1-2H3,(H,16,18). The van der Waals surface area contributed by atoms with Crippen LogP contribution in [0.15, 0.2) is 23.1 Å². The Morgan fingerprint density at radius 3 is 2.56 bits per heavy atom. The van der Waals surface area contributed by atoms with Crippen LogP contribution in [0, 0.1) is 16.0 Å². The fraction of sp³-hybridized carbons (Fsp3) is 0.467. The van der Waals surface area contributed by atoms with E-state index in [1.807, 2.05) is 6.92 Å². The van der Waals surface area contributed by atoms with Crippen LogP contribution in [-0.2, 0) is 19.4 Å². The second-order valence-corrected chi connectivity index (χ2v) is 7.97. The Morgan fingerprint density at radius 2 is 2.04 bits per heavy atom. The molecule has 136 valence electrons. The van der Waals surface area contributed by atoms with Crippen molar-refractivity contribution in [3.8, 4) is 0 Å². The molecule has 9 nitrogen and oxygen atoms in total. The monoisotopic (exact) mass is 370 g/mol. The third-order valence-corrected chi connectivity index (χ3v) is 4.99. The fourth-order valence-corrected chi connectivity index (χ4v) is 3.15. The molecule has 1 amide bonds. The number of amides is 1. The lowest BCUT2D eigenvalue weighted by atomic mass is 10.2. The summed E-state index contributed by atoms with van der Waals surface area (Å²) in [6.07, 6.45) is 2.94. The van der Waals surface area contributed by atoms with Gasteiger partial charge in [0.25, 0.3) is 11.6 Å². The highest BCUT2D eigenvalue weighted by Crippen LogP contribution is 2.32. The molecule has 1 aliphatic rings. The van der Waals surface area contributed by atoms with E-state index >= 15 is 0 Å². The van der Waals surface area contributed by atoms with Crippen LogP contribution < -0.4 is 5.32 Å². The topological polar surface area (TPSA) is 133 Å². The van der Waals surface area contributed by atoms with Gasteiger partial charge in [0.1, 0.15) is 4.90 Å². The summed E-state index contributed by atoms with van der Waals surface area (Å²) in [5.74, 6) is -0.960. The molecule has 0 heterocycles. The maximum atomic E-state index is 11.9. The van der Waals surface area contributed by atoms with Crippen LogP contribution in [-0.4, -0.2) is 44.1 Å². The minimum atomic E-state index is -3.82. The highest BCUT2D eigenvalue weighted by atomic mass is 32.2. The van der Waals surface area contributed by atoms with Crippen LogP contribution >= 0.6 is 0 Å². The Bertz CT molecular complexity index is 815. The molecule has 1 N–H and O–H groups in total. The number of carbonyl (C=O) groups is 2. The van der Waals surface area contributed by atoms with Gasteiger partial charge in [-0.2, -0.15) is 0 Å². The number of esters is 1. The number of hydrogen-bond acceptors (Lipinski definition) is 7. The number of ether oxygens (including phenoxy) is 1. The first-order valence-corrected chi connectivity index (χ1v) is 9.43. The quantitative estimate of drug-likeness (QED) is 0.431. The van der Waals surface area contributed by atoms with E-state index in [0.717, 1.165) is 37.3 Å². The number of nitro benzene ring substituents is 1. The van der Waals surface area contributed by atoms with E-state index in [-0.39, 0.29) is 11.6 Å². The van der Waals surface area contributed by atoms with Gasteiger partial charge in [0.2, 0.25) is 0 Å². The van der Waals surface area contributed by atoms with Gasteiger partial charge < -0.3 is 10.1 Å². The van der Waals surface area contributed by atoms with Gasteiger partial charge in [0, 0.05) is 18.4 Å². The van der Waals surface area contributed by atoms with E-state index in [4.69, 9.17) is 4.74 Å². The molecule has 0 saturated heterocycles. The second kappa shape index (κ2) is 7.18. The molecule has 25 heavy (non-hydrogen) atoms. The molecular weight excluding hydrogens is 352 g/mol. The van der Waals surface area contributed by atoms with Crippen LogP contribution in [0.25, 0.3) is 0 Å². The lowest BCUT2D eigenvalue weighted by Crippen LogP contribution is -2.37. The normalized spacial score (nSPS) is 15.3. The molecule has 1 aliphatic carbocycles. The van der Waals surface area contributed by atoms with Crippen molar-refractivity contribution in [2.75, 3.05) is 12.9 Å². The van der Waals surface area contributed by atoms with Crippen LogP contribution in [0.4, 0.5) is 5.69 Å². The van der Waals surface area contributed by atoms with E-state index < -0.39 is 43.8 Å². The van der Waals surface area contributed by atoms with Crippen molar-refractivity contribution >= 4 is 27.4 Å². The summed E-state index contributed by atoms with van der Waals surface area (Å²) in [5, 5.41) is 13.7. The molecular formula is C15H18N2O7S. The predicted molar refractivity (Wildman–Crippen MR) is 86.8 cm³/mol. The average Bonchev–Trinajstić information content (AvgIpc) is 3.35. The molecule has 0 aliphatic heterocycles. The highest BCUT2D eigenvalue weighted by Gasteiger charge is 2.29. The zero-order valence-electron chi connectivity index (χ0n) is 13.7. The number of nitro groups is 1. The number of benzene rings is 1. The first-order chi connectivity index (χ1) is 11.6. The molecule has 0 bridgehead atoms. The third kappa shape index (κ3) is 4.99.